The summed E-state index contributed by atoms with van der Waals surface area (Å²) >= 11 is 0. The number of aliphatic imine (C=N–C) groups is 1. The van der Waals surface area contributed by atoms with Crippen LogP contribution >= 0.6 is 0 Å². The number of rotatable bonds is 37. The van der Waals surface area contributed by atoms with Gasteiger partial charge in [-0.15, -0.1) is 0 Å². The molecule has 3 heterocycles. The molecule has 1 aliphatic rings. The van der Waals surface area contributed by atoms with E-state index in [4.69, 9.17) is 27.1 Å². The highest BCUT2D eigenvalue weighted by Crippen LogP contribution is 2.22. The van der Waals surface area contributed by atoms with E-state index >= 15 is 4.79 Å². The second kappa shape index (κ2) is 40.8. The van der Waals surface area contributed by atoms with Gasteiger partial charge in [0.25, 0.3) is 5.97 Å². The van der Waals surface area contributed by atoms with Crippen molar-refractivity contribution in [2.45, 2.75) is 180 Å². The number of nitrogens with zero attached hydrogens (tertiary/aromatic N) is 4. The molecular formula is C64H95N17O17. The number of nitrogens with two attached hydrogens (primary N) is 3. The second-order valence-corrected chi connectivity index (χ2v) is 24.4. The zero-order valence-electron chi connectivity index (χ0n) is 55.9. The number of amides is 9. The predicted molar refractivity (Wildman–Crippen MR) is 355 cm³/mol. The molecule has 11 atom stereocenters. The van der Waals surface area contributed by atoms with Crippen molar-refractivity contribution in [3.05, 3.63) is 102 Å². The Labute approximate surface area is 566 Å². The summed E-state index contributed by atoms with van der Waals surface area (Å²) < 4.78 is 0. The highest BCUT2D eigenvalue weighted by atomic mass is 16.4. The van der Waals surface area contributed by atoms with Crippen LogP contribution in [0.3, 0.4) is 0 Å². The Hall–Kier alpha value is -10.5. The molecule has 4 aromatic rings. The van der Waals surface area contributed by atoms with Crippen LogP contribution in [0.1, 0.15) is 116 Å². The summed E-state index contributed by atoms with van der Waals surface area (Å²) in [6.07, 6.45) is 5.26. The fraction of sp³-hybridized carbons (Fsp3) is 0.516. The number of aliphatic carboxylic acids is 3. The van der Waals surface area contributed by atoms with Crippen LogP contribution in [0.15, 0.2) is 84.6 Å². The normalized spacial score (nSPS) is 15.5. The Morgan fingerprint density at radius 3 is 1.62 bits per heavy atom. The standard InChI is InChI=1S/C62H89N17O14.C2H4O2.H2O/c1-7-35(6)51(78-56(87)44(25-37-17-19-40(80)20-18-37)74-58(89)50(34(4)5)77-53(84)42(15-11-21-68-62(64)65)71-52(83)41(63)28-49(81)82)59(90)75-46(27-39-30-67-32-70-39)60(91)79-22-12-16-48(79)57(88)73-43(24-36-13-9-8-10-14-36)54(85)72-45(26-38-29-66-31-69-38)55(86)76-47(61(92)93)23-33(2)3;1-2(3)4;/h8-10,13-14,17-20,29-35,41-48,50-51,80H,7,11-12,15-16,21-28,63H2,1-6H3,(H,66,69)(H,67,70)(H,71,83)(H,72,85)(H,73,88)(H,74,89)(H,75,90)(H,76,86)(H,77,84)(H,78,87)(H,81,82)(H,92,93)(H4,64,65,68);1H3,(H,3,4);1H2/t35-,41-,42-,43-,44-,45-,46-,47-,48-,50-,51-;;/m0../s1. The van der Waals surface area contributed by atoms with Gasteiger partial charge in [0.2, 0.25) is 53.2 Å². The smallest absolute Gasteiger partial charge is 0.326 e. The molecule has 9 amide bonds. The van der Waals surface area contributed by atoms with Crippen molar-refractivity contribution in [2.75, 3.05) is 13.1 Å². The van der Waals surface area contributed by atoms with E-state index in [0.717, 1.165) is 6.92 Å². The Morgan fingerprint density at radius 2 is 1.10 bits per heavy atom. The summed E-state index contributed by atoms with van der Waals surface area (Å²) in [7, 11) is 0. The van der Waals surface area contributed by atoms with Crippen molar-refractivity contribution < 1.29 is 83.4 Å². The summed E-state index contributed by atoms with van der Waals surface area (Å²) in [5.41, 5.74) is 18.7. The highest BCUT2D eigenvalue weighted by molar-refractivity contribution is 5.99. The quantitative estimate of drug-likeness (QED) is 0.0131. The summed E-state index contributed by atoms with van der Waals surface area (Å²) in [5.74, 6) is -12.6. The number of carbonyl (C=O) groups is 12. The first-order valence-corrected chi connectivity index (χ1v) is 31.8. The largest absolute Gasteiger partial charge is 0.508 e. The van der Waals surface area contributed by atoms with Gasteiger partial charge in [-0.3, -0.25) is 57.7 Å². The van der Waals surface area contributed by atoms with Crippen LogP contribution in [0.2, 0.25) is 0 Å². The molecule has 0 aliphatic carbocycles. The maximum Gasteiger partial charge on any atom is 0.326 e. The second-order valence-electron chi connectivity index (χ2n) is 24.4. The molecule has 0 spiro atoms. The monoisotopic (exact) mass is 1370 g/mol. The average molecular weight is 1370 g/mol. The summed E-state index contributed by atoms with van der Waals surface area (Å²) in [4.78, 5) is 181. The van der Waals surface area contributed by atoms with E-state index in [1.54, 1.807) is 71.9 Å². The molecule has 2 aromatic heterocycles. The molecule has 2 aromatic carbocycles. The third kappa shape index (κ3) is 27.7. The number of hydrogen-bond donors (Lipinski definition) is 17. The minimum absolute atomic E-state index is 0. The maximum absolute atomic E-state index is 15.1. The summed E-state index contributed by atoms with van der Waals surface area (Å²) in [6.45, 7) is 11.4. The van der Waals surface area contributed by atoms with Crippen molar-refractivity contribution in [2.24, 2.45) is 39.9 Å². The number of imidazole rings is 2. The van der Waals surface area contributed by atoms with Gasteiger partial charge in [0.05, 0.1) is 25.1 Å². The van der Waals surface area contributed by atoms with Crippen molar-refractivity contribution >= 4 is 77.0 Å². The number of guanidine groups is 1. The van der Waals surface area contributed by atoms with Crippen molar-refractivity contribution in [3.63, 3.8) is 0 Å². The van der Waals surface area contributed by atoms with Gasteiger partial charge in [-0.25, -0.2) is 14.8 Å². The molecule has 34 nitrogen and oxygen atoms in total. The SMILES string of the molecule is CC(=O)O.CC[C@H](C)[C@H](NC(=O)[C@H](Cc1ccc(O)cc1)NC(=O)[C@@H](NC(=O)[C@H](CCCN=C(N)N)NC(=O)[C@@H](N)CC(=O)O)C(C)C)C(=O)N[C@@H](Cc1cnc[nH]1)C(=O)N1CCC[C@H]1C(=O)N[C@@H](Cc1ccccc1)C(=O)N[C@@H](Cc1cnc[nH]1)C(=O)N[C@@H](CC(C)C)C(=O)O.O. The van der Waals surface area contributed by atoms with Gasteiger partial charge in [0.15, 0.2) is 5.96 Å². The lowest BCUT2D eigenvalue weighted by atomic mass is 9.96. The maximum atomic E-state index is 15.1. The van der Waals surface area contributed by atoms with E-state index in [2.05, 4.69) is 67.5 Å². The van der Waals surface area contributed by atoms with E-state index in [9.17, 15) is 63.3 Å². The van der Waals surface area contributed by atoms with Gasteiger partial charge in [-0.1, -0.05) is 90.4 Å². The van der Waals surface area contributed by atoms with Crippen LogP contribution in [0.5, 0.6) is 5.75 Å². The van der Waals surface area contributed by atoms with Gasteiger partial charge in [-0.2, -0.15) is 0 Å². The number of carboxylic acids is 3. The Kier molecular flexibility index (Phi) is 34.0. The zero-order chi connectivity index (χ0) is 72.1. The van der Waals surface area contributed by atoms with Crippen LogP contribution in [-0.2, 0) is 83.2 Å². The fourth-order valence-electron chi connectivity index (χ4n) is 10.4. The fourth-order valence-corrected chi connectivity index (χ4v) is 10.4. The summed E-state index contributed by atoms with van der Waals surface area (Å²) in [5, 5.41) is 58.2. The molecule has 98 heavy (non-hydrogen) atoms. The Balaban J connectivity index is 0.00000486. The molecule has 34 heteroatoms. The van der Waals surface area contributed by atoms with E-state index in [1.165, 1.54) is 54.2 Å². The van der Waals surface area contributed by atoms with Gasteiger partial charge >= 0.3 is 11.9 Å². The van der Waals surface area contributed by atoms with Gasteiger partial charge < -0.3 is 101 Å². The first kappa shape index (κ1) is 81.7. The zero-order valence-corrected chi connectivity index (χ0v) is 55.9. The van der Waals surface area contributed by atoms with Crippen molar-refractivity contribution in [3.8, 4) is 5.75 Å². The average Bonchev–Trinajstić information content (AvgIpc) is 1.43. The van der Waals surface area contributed by atoms with E-state index in [-0.39, 0.29) is 87.6 Å². The lowest BCUT2D eigenvalue weighted by molar-refractivity contribution is -0.143. The molecule has 1 aliphatic heterocycles. The third-order valence-electron chi connectivity index (χ3n) is 15.6. The minimum Gasteiger partial charge on any atom is -0.508 e. The first-order chi connectivity index (χ1) is 45.9. The number of carbonyl (C=O) groups excluding carboxylic acids is 9. The summed E-state index contributed by atoms with van der Waals surface area (Å²) in [6, 6.07) is 0.810. The van der Waals surface area contributed by atoms with Crippen molar-refractivity contribution in [1.29, 1.82) is 0 Å². The minimum atomic E-state index is -1.53. The Bertz CT molecular complexity index is 3290. The highest BCUT2D eigenvalue weighted by Gasteiger charge is 2.42. The van der Waals surface area contributed by atoms with Crippen LogP contribution in [0, 0.1) is 17.8 Å². The molecule has 22 N–H and O–H groups in total. The Morgan fingerprint density at radius 1 is 0.622 bits per heavy atom. The van der Waals surface area contributed by atoms with E-state index in [1.807, 2.05) is 0 Å². The molecular weight excluding hydrogens is 1280 g/mol. The molecule has 0 saturated carbocycles. The van der Waals surface area contributed by atoms with Gasteiger partial charge in [0.1, 0.15) is 60.1 Å². The predicted octanol–water partition coefficient (Wildman–Crippen LogP) is -2.07. The van der Waals surface area contributed by atoms with E-state index < -0.39 is 150 Å². The van der Waals surface area contributed by atoms with E-state index in [0.29, 0.717) is 35.4 Å². The van der Waals surface area contributed by atoms with Crippen molar-refractivity contribution in [1.82, 2.24) is 67.4 Å². The number of aromatic nitrogens is 4. The molecule has 0 bridgehead atoms. The number of benzene rings is 2. The number of phenols is 1. The number of hydrogen-bond acceptors (Lipinski definition) is 17. The molecule has 0 radical (unpaired) electrons. The molecule has 1 saturated heterocycles. The number of nitrogens with one attached hydrogen (secondary N) is 10. The van der Waals surface area contributed by atoms with Crippen LogP contribution in [0.4, 0.5) is 0 Å². The lowest BCUT2D eigenvalue weighted by Crippen LogP contribution is -2.62. The molecule has 0 unspecified atom stereocenters. The van der Waals surface area contributed by atoms with Crippen LogP contribution < -0.4 is 59.7 Å². The molecule has 1 fully saturated rings. The van der Waals surface area contributed by atoms with Crippen LogP contribution in [-0.4, -0.2) is 201 Å². The number of H-pyrrole nitrogens is 2. The number of aromatic amines is 2. The number of phenolic OH excluding ortho intramolecular Hbond substituents is 1. The lowest BCUT2D eigenvalue weighted by Gasteiger charge is -2.32. The topological polar surface area (TPSA) is 565 Å². The van der Waals surface area contributed by atoms with Gasteiger partial charge in [-0.05, 0) is 73.1 Å². The first-order valence-electron chi connectivity index (χ1n) is 31.8. The number of aromatic hydroxyl groups is 1. The number of carboxylic acid groups (broad SMARTS) is 3. The van der Waals surface area contributed by atoms with Crippen LogP contribution in [0.25, 0.3) is 0 Å². The number of likely N-dealkylation sites (tertiary alicyclic amines) is 1. The third-order valence-corrected chi connectivity index (χ3v) is 15.6. The van der Waals surface area contributed by atoms with Gasteiger partial charge in [0, 0.05) is 69.5 Å². The molecule has 5 rings (SSSR count). The molecule has 538 valence electrons.